The van der Waals surface area contributed by atoms with Crippen molar-refractivity contribution in [2.75, 3.05) is 13.7 Å². The van der Waals surface area contributed by atoms with E-state index >= 15 is 0 Å². The van der Waals surface area contributed by atoms with E-state index in [0.29, 0.717) is 39.1 Å². The van der Waals surface area contributed by atoms with E-state index < -0.39 is 12.0 Å². The van der Waals surface area contributed by atoms with Crippen molar-refractivity contribution in [3.63, 3.8) is 0 Å². The summed E-state index contributed by atoms with van der Waals surface area (Å²) in [5.74, 6) is -0.506. The van der Waals surface area contributed by atoms with Gasteiger partial charge in [0.2, 0.25) is 0 Å². The lowest BCUT2D eigenvalue weighted by molar-refractivity contribution is 0.0525. The van der Waals surface area contributed by atoms with Gasteiger partial charge in [0, 0.05) is 12.2 Å². The minimum Gasteiger partial charge on any atom is -0.462 e. The second-order valence-electron chi connectivity index (χ2n) is 6.55. The first-order valence-electron chi connectivity index (χ1n) is 8.72. The highest BCUT2D eigenvalue weighted by molar-refractivity contribution is 6.42. The number of nitrogens with zero attached hydrogens (tertiary/aromatic N) is 1. The molecule has 7 heteroatoms. The van der Waals surface area contributed by atoms with Crippen LogP contribution in [0.25, 0.3) is 0 Å². The van der Waals surface area contributed by atoms with Crippen LogP contribution in [0.3, 0.4) is 0 Å². The maximum Gasteiger partial charge on any atom is 0.340 e. The van der Waals surface area contributed by atoms with Gasteiger partial charge in [-0.05, 0) is 58.0 Å². The molecule has 1 aromatic heterocycles. The lowest BCUT2D eigenvalue weighted by Gasteiger charge is -2.23. The van der Waals surface area contributed by atoms with Crippen molar-refractivity contribution in [2.24, 2.45) is 0 Å². The molecule has 146 valence electrons. The first-order valence-corrected chi connectivity index (χ1v) is 9.47. The summed E-state index contributed by atoms with van der Waals surface area (Å²) in [6.07, 6.45) is 0. The van der Waals surface area contributed by atoms with Gasteiger partial charge in [-0.15, -0.1) is 0 Å². The molecule has 1 unspecified atom stereocenters. The van der Waals surface area contributed by atoms with Crippen molar-refractivity contribution < 1.29 is 14.3 Å². The van der Waals surface area contributed by atoms with Gasteiger partial charge in [-0.3, -0.25) is 9.69 Å². The molecule has 27 heavy (non-hydrogen) atoms. The van der Waals surface area contributed by atoms with Crippen molar-refractivity contribution in [1.29, 1.82) is 0 Å². The highest BCUT2D eigenvalue weighted by Crippen LogP contribution is 2.24. The molecule has 1 heterocycles. The summed E-state index contributed by atoms with van der Waals surface area (Å²) in [5.41, 5.74) is 3.07. The largest absolute Gasteiger partial charge is 0.462 e. The summed E-state index contributed by atoms with van der Waals surface area (Å²) in [6, 6.07) is 5.01. The van der Waals surface area contributed by atoms with E-state index in [1.54, 1.807) is 32.9 Å². The molecule has 0 bridgehead atoms. The SMILES string of the molecule is CCOC(=O)c1c(C)[nH]c(C(=O)C(C)N(C)Cc2ccc(Cl)c(Cl)c2)c1C. The Morgan fingerprint density at radius 3 is 2.48 bits per heavy atom. The third-order valence-electron chi connectivity index (χ3n) is 4.62. The minimum atomic E-state index is -0.417. The fourth-order valence-corrected chi connectivity index (χ4v) is 3.30. The van der Waals surface area contributed by atoms with Crippen LogP contribution in [0.4, 0.5) is 0 Å². The van der Waals surface area contributed by atoms with Crippen molar-refractivity contribution in [3.05, 3.63) is 56.3 Å². The molecule has 1 atom stereocenters. The third-order valence-corrected chi connectivity index (χ3v) is 5.36. The monoisotopic (exact) mass is 410 g/mol. The molecule has 0 aliphatic carbocycles. The van der Waals surface area contributed by atoms with Gasteiger partial charge in [0.25, 0.3) is 0 Å². The summed E-state index contributed by atoms with van der Waals surface area (Å²) in [7, 11) is 1.86. The third kappa shape index (κ3) is 4.72. The lowest BCUT2D eigenvalue weighted by atomic mass is 10.0. The molecule has 0 aliphatic heterocycles. The number of halogens is 2. The molecule has 2 aromatic rings. The Kier molecular flexibility index (Phi) is 7.09. The normalized spacial score (nSPS) is 12.3. The summed E-state index contributed by atoms with van der Waals surface area (Å²) in [5, 5.41) is 0.979. The van der Waals surface area contributed by atoms with Crippen LogP contribution in [0.15, 0.2) is 18.2 Å². The average molecular weight is 411 g/mol. The topological polar surface area (TPSA) is 62.4 Å². The van der Waals surface area contributed by atoms with E-state index in [9.17, 15) is 9.59 Å². The number of H-pyrrole nitrogens is 1. The Balaban J connectivity index is 2.20. The van der Waals surface area contributed by atoms with Gasteiger partial charge < -0.3 is 9.72 Å². The van der Waals surface area contributed by atoms with Crippen LogP contribution in [0, 0.1) is 13.8 Å². The van der Waals surface area contributed by atoms with Gasteiger partial charge in [-0.2, -0.15) is 0 Å². The molecule has 2 rings (SSSR count). The minimum absolute atomic E-state index is 0.0892. The highest BCUT2D eigenvalue weighted by atomic mass is 35.5. The zero-order chi connectivity index (χ0) is 20.3. The van der Waals surface area contributed by atoms with E-state index in [2.05, 4.69) is 4.98 Å². The van der Waals surface area contributed by atoms with Gasteiger partial charge in [-0.1, -0.05) is 29.3 Å². The average Bonchev–Trinajstić information content (AvgIpc) is 2.91. The van der Waals surface area contributed by atoms with E-state index in [0.717, 1.165) is 5.56 Å². The molecule has 1 N–H and O–H groups in total. The highest BCUT2D eigenvalue weighted by Gasteiger charge is 2.27. The first kappa shape index (κ1) is 21.5. The number of nitrogens with one attached hydrogen (secondary N) is 1. The maximum absolute atomic E-state index is 13.0. The number of ketones is 1. The Bertz CT molecular complexity index is 861. The number of hydrogen-bond acceptors (Lipinski definition) is 4. The number of esters is 1. The van der Waals surface area contributed by atoms with Crippen molar-refractivity contribution >= 4 is 35.0 Å². The molecule has 0 amide bonds. The van der Waals surface area contributed by atoms with Gasteiger partial charge in [0.15, 0.2) is 5.78 Å². The van der Waals surface area contributed by atoms with Crippen LogP contribution in [-0.4, -0.2) is 41.3 Å². The number of rotatable bonds is 7. The number of Topliss-reactive ketones (excluding diaryl/α,β-unsaturated/α-hetero) is 1. The Morgan fingerprint density at radius 2 is 1.89 bits per heavy atom. The van der Waals surface area contributed by atoms with Crippen LogP contribution < -0.4 is 0 Å². The number of carbonyl (C=O) groups excluding carboxylic acids is 2. The number of aryl methyl sites for hydroxylation is 1. The number of aromatic amines is 1. The smallest absolute Gasteiger partial charge is 0.340 e. The summed E-state index contributed by atoms with van der Waals surface area (Å²) in [4.78, 5) is 30.1. The number of aromatic nitrogens is 1. The number of ether oxygens (including phenoxy) is 1. The fraction of sp³-hybridized carbons (Fsp3) is 0.400. The molecule has 5 nitrogen and oxygen atoms in total. The molecule has 0 saturated heterocycles. The molecule has 0 saturated carbocycles. The van der Waals surface area contributed by atoms with Crippen molar-refractivity contribution in [3.8, 4) is 0 Å². The Hall–Kier alpha value is -1.82. The predicted octanol–water partition coefficient (Wildman–Crippen LogP) is 4.82. The Labute approximate surface area is 169 Å². The summed E-state index contributed by atoms with van der Waals surface area (Å²) >= 11 is 12.0. The maximum atomic E-state index is 13.0. The number of hydrogen-bond donors (Lipinski definition) is 1. The molecular weight excluding hydrogens is 387 g/mol. The molecule has 0 aliphatic rings. The molecular formula is C20H24Cl2N2O3. The summed E-state index contributed by atoms with van der Waals surface area (Å²) in [6.45, 7) is 7.93. The summed E-state index contributed by atoms with van der Waals surface area (Å²) < 4.78 is 5.09. The van der Waals surface area contributed by atoms with Crippen molar-refractivity contribution in [1.82, 2.24) is 9.88 Å². The fourth-order valence-electron chi connectivity index (χ4n) is 2.98. The van der Waals surface area contributed by atoms with Crippen LogP contribution in [0.2, 0.25) is 10.0 Å². The second-order valence-corrected chi connectivity index (χ2v) is 7.36. The van der Waals surface area contributed by atoms with Gasteiger partial charge in [-0.25, -0.2) is 4.79 Å². The zero-order valence-electron chi connectivity index (χ0n) is 16.2. The van der Waals surface area contributed by atoms with Crippen LogP contribution in [0.5, 0.6) is 0 Å². The quantitative estimate of drug-likeness (QED) is 0.524. The number of likely N-dealkylation sites (N-methyl/N-ethyl adjacent to an activating group) is 1. The molecule has 0 radical (unpaired) electrons. The van der Waals surface area contributed by atoms with E-state index in [4.69, 9.17) is 27.9 Å². The molecule has 0 spiro atoms. The lowest BCUT2D eigenvalue weighted by Crippen LogP contribution is -2.36. The predicted molar refractivity (Wildman–Crippen MR) is 108 cm³/mol. The van der Waals surface area contributed by atoms with Crippen LogP contribution in [0.1, 0.15) is 51.5 Å². The van der Waals surface area contributed by atoms with Crippen LogP contribution >= 0.6 is 23.2 Å². The van der Waals surface area contributed by atoms with E-state index in [1.807, 2.05) is 24.9 Å². The van der Waals surface area contributed by atoms with E-state index in [-0.39, 0.29) is 12.4 Å². The van der Waals surface area contributed by atoms with Gasteiger partial charge in [0.05, 0.1) is 34.0 Å². The van der Waals surface area contributed by atoms with Gasteiger partial charge in [0.1, 0.15) is 0 Å². The second kappa shape index (κ2) is 8.91. The van der Waals surface area contributed by atoms with Gasteiger partial charge >= 0.3 is 5.97 Å². The first-order chi connectivity index (χ1) is 12.7. The number of benzene rings is 1. The molecule has 1 aromatic carbocycles. The molecule has 0 fully saturated rings. The zero-order valence-corrected chi connectivity index (χ0v) is 17.7. The Morgan fingerprint density at radius 1 is 1.22 bits per heavy atom. The standard InChI is InChI=1S/C20H24Cl2N2O3/c1-6-27-20(26)17-11(2)18(23-12(17)3)19(25)13(4)24(5)10-14-7-8-15(21)16(22)9-14/h7-9,13,23H,6,10H2,1-5H3. The van der Waals surface area contributed by atoms with Crippen molar-refractivity contribution in [2.45, 2.75) is 40.3 Å². The van der Waals surface area contributed by atoms with Crippen LogP contribution in [-0.2, 0) is 11.3 Å². The number of carbonyl (C=O) groups is 2. The van der Waals surface area contributed by atoms with E-state index in [1.165, 1.54) is 0 Å².